The molecule has 0 aliphatic carbocycles. The standard InChI is InChI=1S/C18H18N4O/c1-13-6-8-14(9-7-13)16-20-18(23-21-16)15-5-4-10-19-17(15)22-11-2-3-12-22/h4-10H,2-3,11-12H2,1H3. The predicted molar refractivity (Wildman–Crippen MR) is 89.1 cm³/mol. The minimum absolute atomic E-state index is 0.524. The molecule has 1 fully saturated rings. The van der Waals surface area contributed by atoms with Crippen LogP contribution in [0, 0.1) is 6.92 Å². The smallest absolute Gasteiger partial charge is 0.261 e. The average molecular weight is 306 g/mol. The molecule has 1 aliphatic heterocycles. The van der Waals surface area contributed by atoms with E-state index in [1.807, 2.05) is 42.6 Å². The Labute approximate surface area is 135 Å². The van der Waals surface area contributed by atoms with Gasteiger partial charge in [-0.3, -0.25) is 0 Å². The SMILES string of the molecule is Cc1ccc(-c2noc(-c3cccnc3N3CCCC3)n2)cc1. The van der Waals surface area contributed by atoms with Gasteiger partial charge in [-0.25, -0.2) is 4.98 Å². The largest absolute Gasteiger partial charge is 0.356 e. The van der Waals surface area contributed by atoms with Crippen LogP contribution in [0.5, 0.6) is 0 Å². The molecule has 0 N–H and O–H groups in total. The molecule has 0 amide bonds. The van der Waals surface area contributed by atoms with Crippen LogP contribution in [0.1, 0.15) is 18.4 Å². The molecule has 1 saturated heterocycles. The first kappa shape index (κ1) is 13.9. The summed E-state index contributed by atoms with van der Waals surface area (Å²) in [4.78, 5) is 11.4. The van der Waals surface area contributed by atoms with E-state index >= 15 is 0 Å². The number of rotatable bonds is 3. The van der Waals surface area contributed by atoms with Gasteiger partial charge in [0, 0.05) is 24.8 Å². The lowest BCUT2D eigenvalue weighted by Gasteiger charge is -2.17. The third-order valence-corrected chi connectivity index (χ3v) is 4.16. The van der Waals surface area contributed by atoms with Crippen LogP contribution in [0.25, 0.3) is 22.8 Å². The van der Waals surface area contributed by atoms with E-state index in [1.165, 1.54) is 18.4 Å². The van der Waals surface area contributed by atoms with Crippen LogP contribution in [-0.2, 0) is 0 Å². The van der Waals surface area contributed by atoms with Gasteiger partial charge in [0.2, 0.25) is 5.82 Å². The second kappa shape index (κ2) is 5.83. The topological polar surface area (TPSA) is 55.1 Å². The average Bonchev–Trinajstić information content (AvgIpc) is 3.27. The van der Waals surface area contributed by atoms with Gasteiger partial charge < -0.3 is 9.42 Å². The Hall–Kier alpha value is -2.69. The molecular formula is C18H18N4O. The summed E-state index contributed by atoms with van der Waals surface area (Å²) >= 11 is 0. The van der Waals surface area contributed by atoms with E-state index < -0.39 is 0 Å². The van der Waals surface area contributed by atoms with Crippen LogP contribution in [0.15, 0.2) is 47.1 Å². The van der Waals surface area contributed by atoms with Crippen molar-refractivity contribution in [1.29, 1.82) is 0 Å². The van der Waals surface area contributed by atoms with Crippen molar-refractivity contribution < 1.29 is 4.52 Å². The van der Waals surface area contributed by atoms with Crippen molar-refractivity contribution in [2.24, 2.45) is 0 Å². The molecule has 0 spiro atoms. The maximum atomic E-state index is 5.51. The quantitative estimate of drug-likeness (QED) is 0.738. The van der Waals surface area contributed by atoms with Crippen LogP contribution in [0.4, 0.5) is 5.82 Å². The highest BCUT2D eigenvalue weighted by atomic mass is 16.5. The summed E-state index contributed by atoms with van der Waals surface area (Å²) in [5.74, 6) is 2.07. The number of benzene rings is 1. The molecule has 3 heterocycles. The van der Waals surface area contributed by atoms with E-state index in [2.05, 4.69) is 26.9 Å². The molecule has 1 aliphatic rings. The summed E-state index contributed by atoms with van der Waals surface area (Å²) in [6.07, 6.45) is 4.22. The molecule has 23 heavy (non-hydrogen) atoms. The van der Waals surface area contributed by atoms with Gasteiger partial charge in [-0.15, -0.1) is 0 Å². The number of aromatic nitrogens is 3. The molecule has 1 aromatic carbocycles. The van der Waals surface area contributed by atoms with Crippen LogP contribution in [0.3, 0.4) is 0 Å². The molecule has 0 bridgehead atoms. The molecule has 5 nitrogen and oxygen atoms in total. The lowest BCUT2D eigenvalue weighted by Crippen LogP contribution is -2.19. The van der Waals surface area contributed by atoms with Gasteiger partial charge in [0.25, 0.3) is 5.89 Å². The molecule has 0 radical (unpaired) electrons. The molecule has 0 atom stereocenters. The minimum Gasteiger partial charge on any atom is -0.356 e. The van der Waals surface area contributed by atoms with Crippen molar-refractivity contribution in [3.63, 3.8) is 0 Å². The summed E-state index contributed by atoms with van der Waals surface area (Å²) in [6.45, 7) is 4.12. The monoisotopic (exact) mass is 306 g/mol. The Bertz CT molecular complexity index is 804. The normalized spacial score (nSPS) is 14.4. The second-order valence-corrected chi connectivity index (χ2v) is 5.86. The fraction of sp³-hybridized carbons (Fsp3) is 0.278. The highest BCUT2D eigenvalue weighted by Crippen LogP contribution is 2.31. The Morgan fingerprint density at radius 1 is 1.04 bits per heavy atom. The molecular weight excluding hydrogens is 288 g/mol. The molecule has 5 heteroatoms. The van der Waals surface area contributed by atoms with E-state index in [-0.39, 0.29) is 0 Å². The summed E-state index contributed by atoms with van der Waals surface area (Å²) in [5.41, 5.74) is 3.07. The number of aryl methyl sites for hydroxylation is 1. The highest BCUT2D eigenvalue weighted by molar-refractivity contribution is 5.71. The number of pyridine rings is 1. The first-order valence-corrected chi connectivity index (χ1v) is 7.92. The number of hydrogen-bond acceptors (Lipinski definition) is 5. The summed E-state index contributed by atoms with van der Waals surface area (Å²) in [5, 5.41) is 4.13. The Kier molecular flexibility index (Phi) is 3.54. The van der Waals surface area contributed by atoms with E-state index in [9.17, 15) is 0 Å². The maximum absolute atomic E-state index is 5.51. The molecule has 4 rings (SSSR count). The first-order valence-electron chi connectivity index (χ1n) is 7.92. The van der Waals surface area contributed by atoms with Crippen LogP contribution >= 0.6 is 0 Å². The van der Waals surface area contributed by atoms with Crippen molar-refractivity contribution in [3.8, 4) is 22.8 Å². The van der Waals surface area contributed by atoms with Crippen molar-refractivity contribution >= 4 is 5.82 Å². The number of hydrogen-bond donors (Lipinski definition) is 0. The van der Waals surface area contributed by atoms with Crippen LogP contribution in [-0.4, -0.2) is 28.2 Å². The van der Waals surface area contributed by atoms with Gasteiger partial charge in [-0.2, -0.15) is 4.98 Å². The zero-order valence-corrected chi connectivity index (χ0v) is 13.1. The lowest BCUT2D eigenvalue weighted by molar-refractivity contribution is 0.432. The van der Waals surface area contributed by atoms with Gasteiger partial charge in [-0.05, 0) is 31.9 Å². The maximum Gasteiger partial charge on any atom is 0.261 e. The summed E-state index contributed by atoms with van der Waals surface area (Å²) in [7, 11) is 0. The molecule has 116 valence electrons. The van der Waals surface area contributed by atoms with Crippen molar-refractivity contribution in [1.82, 2.24) is 15.1 Å². The van der Waals surface area contributed by atoms with E-state index in [0.717, 1.165) is 30.0 Å². The second-order valence-electron chi connectivity index (χ2n) is 5.86. The van der Waals surface area contributed by atoms with E-state index in [1.54, 1.807) is 0 Å². The van der Waals surface area contributed by atoms with Crippen molar-refractivity contribution in [2.75, 3.05) is 18.0 Å². The zero-order chi connectivity index (χ0) is 15.6. The third-order valence-electron chi connectivity index (χ3n) is 4.16. The fourth-order valence-electron chi connectivity index (χ4n) is 2.90. The van der Waals surface area contributed by atoms with Gasteiger partial charge in [0.05, 0.1) is 5.56 Å². The van der Waals surface area contributed by atoms with Crippen molar-refractivity contribution in [2.45, 2.75) is 19.8 Å². The Balaban J connectivity index is 1.70. The molecule has 0 saturated carbocycles. The first-order chi connectivity index (χ1) is 11.3. The molecule has 3 aromatic rings. The lowest BCUT2D eigenvalue weighted by atomic mass is 10.1. The van der Waals surface area contributed by atoms with Gasteiger partial charge in [0.1, 0.15) is 5.82 Å². The van der Waals surface area contributed by atoms with Gasteiger partial charge >= 0.3 is 0 Å². The van der Waals surface area contributed by atoms with Crippen LogP contribution in [0.2, 0.25) is 0 Å². The summed E-state index contributed by atoms with van der Waals surface area (Å²) < 4.78 is 5.51. The Morgan fingerprint density at radius 3 is 2.61 bits per heavy atom. The number of nitrogens with zero attached hydrogens (tertiary/aromatic N) is 4. The summed E-state index contributed by atoms with van der Waals surface area (Å²) in [6, 6.07) is 12.0. The minimum atomic E-state index is 0.524. The fourth-order valence-corrected chi connectivity index (χ4v) is 2.90. The van der Waals surface area contributed by atoms with Crippen LogP contribution < -0.4 is 4.90 Å². The van der Waals surface area contributed by atoms with Crippen molar-refractivity contribution in [3.05, 3.63) is 48.2 Å². The highest BCUT2D eigenvalue weighted by Gasteiger charge is 2.21. The zero-order valence-electron chi connectivity index (χ0n) is 13.1. The van der Waals surface area contributed by atoms with E-state index in [0.29, 0.717) is 11.7 Å². The molecule has 0 unspecified atom stereocenters. The van der Waals surface area contributed by atoms with Gasteiger partial charge in [0.15, 0.2) is 0 Å². The number of anilines is 1. The predicted octanol–water partition coefficient (Wildman–Crippen LogP) is 3.71. The third kappa shape index (κ3) is 2.70. The molecule has 2 aromatic heterocycles. The van der Waals surface area contributed by atoms with E-state index in [4.69, 9.17) is 4.52 Å². The Morgan fingerprint density at radius 2 is 1.83 bits per heavy atom. The van der Waals surface area contributed by atoms with Gasteiger partial charge in [-0.1, -0.05) is 35.0 Å².